The predicted octanol–water partition coefficient (Wildman–Crippen LogP) is 3.68. The molecule has 4 heteroatoms. The first-order valence-electron chi connectivity index (χ1n) is 9.58. The van der Waals surface area contributed by atoms with Crippen LogP contribution in [0.4, 0.5) is 0 Å². The van der Waals surface area contributed by atoms with Gasteiger partial charge < -0.3 is 9.64 Å². The van der Waals surface area contributed by atoms with Gasteiger partial charge >= 0.3 is 0 Å². The molecule has 0 radical (unpaired) electrons. The number of ether oxygens (including phenoxy) is 1. The molecule has 1 aliphatic heterocycles. The van der Waals surface area contributed by atoms with Gasteiger partial charge in [0.05, 0.1) is 12.5 Å². The molecule has 0 bridgehead atoms. The highest BCUT2D eigenvalue weighted by Crippen LogP contribution is 2.26. The Morgan fingerprint density at radius 1 is 1.23 bits per heavy atom. The summed E-state index contributed by atoms with van der Waals surface area (Å²) in [5.41, 5.74) is 2.23. The van der Waals surface area contributed by atoms with Crippen molar-refractivity contribution in [2.75, 3.05) is 26.3 Å². The minimum atomic E-state index is -0.149. The van der Waals surface area contributed by atoms with E-state index in [9.17, 15) is 4.79 Å². The first kappa shape index (κ1) is 18.6. The number of benzene rings is 1. The molecule has 0 spiro atoms. The highest BCUT2D eigenvalue weighted by molar-refractivity contribution is 5.84. The van der Waals surface area contributed by atoms with Crippen LogP contribution in [-0.2, 0) is 16.0 Å². The van der Waals surface area contributed by atoms with E-state index in [2.05, 4.69) is 17.1 Å². The number of carbonyl (C=O) groups is 1. The Bertz CT molecular complexity index is 675. The van der Waals surface area contributed by atoms with Gasteiger partial charge in [0.15, 0.2) is 0 Å². The topological polar surface area (TPSA) is 42.4 Å². The van der Waals surface area contributed by atoms with E-state index < -0.39 is 0 Å². The monoisotopic (exact) mass is 352 g/mol. The van der Waals surface area contributed by atoms with Crippen molar-refractivity contribution in [3.05, 3.63) is 66.0 Å². The second-order valence-electron chi connectivity index (χ2n) is 6.97. The Kier molecular flexibility index (Phi) is 6.78. The zero-order valence-electron chi connectivity index (χ0n) is 15.5. The molecule has 0 aliphatic carbocycles. The summed E-state index contributed by atoms with van der Waals surface area (Å²) in [7, 11) is 0. The van der Waals surface area contributed by atoms with Gasteiger partial charge in [-0.05, 0) is 55.4 Å². The van der Waals surface area contributed by atoms with Crippen LogP contribution in [0.5, 0.6) is 0 Å². The Morgan fingerprint density at radius 2 is 2.00 bits per heavy atom. The van der Waals surface area contributed by atoms with E-state index in [0.717, 1.165) is 50.3 Å². The molecule has 3 rings (SSSR count). The summed E-state index contributed by atoms with van der Waals surface area (Å²) in [5, 5.41) is 0. The number of pyridine rings is 1. The maximum absolute atomic E-state index is 13.4. The fraction of sp³-hybridized carbons (Fsp3) is 0.455. The molecular formula is C22H28N2O2. The summed E-state index contributed by atoms with van der Waals surface area (Å²) >= 11 is 0. The van der Waals surface area contributed by atoms with Crippen molar-refractivity contribution in [1.29, 1.82) is 0 Å². The molecule has 1 saturated heterocycles. The van der Waals surface area contributed by atoms with Gasteiger partial charge in [0.1, 0.15) is 0 Å². The number of nitrogens with zero attached hydrogens (tertiary/aromatic N) is 2. The van der Waals surface area contributed by atoms with Crippen LogP contribution < -0.4 is 0 Å². The van der Waals surface area contributed by atoms with Crippen molar-refractivity contribution in [1.82, 2.24) is 9.88 Å². The van der Waals surface area contributed by atoms with Gasteiger partial charge in [-0.3, -0.25) is 9.78 Å². The van der Waals surface area contributed by atoms with Crippen LogP contribution >= 0.6 is 0 Å². The zero-order valence-corrected chi connectivity index (χ0v) is 15.5. The maximum atomic E-state index is 13.4. The number of piperidine rings is 1. The van der Waals surface area contributed by atoms with Crippen LogP contribution in [0.15, 0.2) is 54.9 Å². The SMILES string of the molecule is CCOCC1CCCN(C(=O)C(Cc2ccncc2)c2ccccc2)C1. The van der Waals surface area contributed by atoms with Crippen LogP contribution in [0, 0.1) is 5.92 Å². The average Bonchev–Trinajstić information content (AvgIpc) is 2.71. The molecule has 2 heterocycles. The highest BCUT2D eigenvalue weighted by Gasteiger charge is 2.30. The molecular weight excluding hydrogens is 324 g/mol. The summed E-state index contributed by atoms with van der Waals surface area (Å²) in [6.45, 7) is 5.16. The Labute approximate surface area is 156 Å². The van der Waals surface area contributed by atoms with Gasteiger partial charge in [-0.25, -0.2) is 0 Å². The van der Waals surface area contributed by atoms with E-state index in [0.29, 0.717) is 12.3 Å². The van der Waals surface area contributed by atoms with Crippen LogP contribution in [-0.4, -0.2) is 42.1 Å². The number of likely N-dealkylation sites (tertiary alicyclic amines) is 1. The molecule has 1 fully saturated rings. The van der Waals surface area contributed by atoms with Crippen molar-refractivity contribution >= 4 is 5.91 Å². The minimum Gasteiger partial charge on any atom is -0.381 e. The largest absolute Gasteiger partial charge is 0.381 e. The molecule has 1 aromatic carbocycles. The number of amides is 1. The number of carbonyl (C=O) groups excluding carboxylic acids is 1. The van der Waals surface area contributed by atoms with Crippen LogP contribution in [0.25, 0.3) is 0 Å². The molecule has 138 valence electrons. The molecule has 2 aromatic rings. The van der Waals surface area contributed by atoms with E-state index in [1.807, 2.05) is 42.2 Å². The second kappa shape index (κ2) is 9.48. The molecule has 4 nitrogen and oxygen atoms in total. The third-order valence-corrected chi connectivity index (χ3v) is 5.08. The first-order chi connectivity index (χ1) is 12.8. The quantitative estimate of drug-likeness (QED) is 0.763. The maximum Gasteiger partial charge on any atom is 0.230 e. The van der Waals surface area contributed by atoms with Gasteiger partial charge in [0.2, 0.25) is 5.91 Å². The summed E-state index contributed by atoms with van der Waals surface area (Å²) in [6, 6.07) is 14.1. The molecule has 0 saturated carbocycles. The first-order valence-corrected chi connectivity index (χ1v) is 9.58. The molecule has 26 heavy (non-hydrogen) atoms. The lowest BCUT2D eigenvalue weighted by Crippen LogP contribution is -2.43. The summed E-state index contributed by atoms with van der Waals surface area (Å²) in [5.74, 6) is 0.531. The zero-order chi connectivity index (χ0) is 18.2. The summed E-state index contributed by atoms with van der Waals surface area (Å²) in [6.07, 6.45) is 6.49. The molecule has 2 unspecified atom stereocenters. The van der Waals surface area contributed by atoms with Gasteiger partial charge in [-0.15, -0.1) is 0 Å². The summed E-state index contributed by atoms with van der Waals surface area (Å²) in [4.78, 5) is 19.5. The fourth-order valence-electron chi connectivity index (χ4n) is 3.69. The normalized spacial score (nSPS) is 18.5. The fourth-order valence-corrected chi connectivity index (χ4v) is 3.69. The molecule has 2 atom stereocenters. The number of aromatic nitrogens is 1. The van der Waals surface area contributed by atoms with Crippen molar-refractivity contribution < 1.29 is 9.53 Å². The predicted molar refractivity (Wildman–Crippen MR) is 103 cm³/mol. The average molecular weight is 352 g/mol. The summed E-state index contributed by atoms with van der Waals surface area (Å²) < 4.78 is 5.60. The number of hydrogen-bond donors (Lipinski definition) is 0. The molecule has 0 N–H and O–H groups in total. The van der Waals surface area contributed by atoms with Crippen LogP contribution in [0.3, 0.4) is 0 Å². The van der Waals surface area contributed by atoms with Crippen molar-refractivity contribution in [2.24, 2.45) is 5.92 Å². The molecule has 1 aromatic heterocycles. The van der Waals surface area contributed by atoms with Gasteiger partial charge in [0.25, 0.3) is 0 Å². The third kappa shape index (κ3) is 4.92. The Morgan fingerprint density at radius 3 is 2.73 bits per heavy atom. The van der Waals surface area contributed by atoms with Gasteiger partial charge in [0, 0.05) is 32.1 Å². The lowest BCUT2D eigenvalue weighted by molar-refractivity contribution is -0.135. The minimum absolute atomic E-state index is 0.149. The van der Waals surface area contributed by atoms with Gasteiger partial charge in [-0.2, -0.15) is 0 Å². The van der Waals surface area contributed by atoms with Crippen molar-refractivity contribution in [3.8, 4) is 0 Å². The van der Waals surface area contributed by atoms with E-state index >= 15 is 0 Å². The third-order valence-electron chi connectivity index (χ3n) is 5.08. The second-order valence-corrected chi connectivity index (χ2v) is 6.97. The van der Waals surface area contributed by atoms with Gasteiger partial charge in [-0.1, -0.05) is 30.3 Å². The van der Waals surface area contributed by atoms with Crippen LogP contribution in [0.2, 0.25) is 0 Å². The smallest absolute Gasteiger partial charge is 0.230 e. The Hall–Kier alpha value is -2.20. The van der Waals surface area contributed by atoms with E-state index in [1.54, 1.807) is 12.4 Å². The van der Waals surface area contributed by atoms with Crippen molar-refractivity contribution in [3.63, 3.8) is 0 Å². The number of hydrogen-bond acceptors (Lipinski definition) is 3. The lowest BCUT2D eigenvalue weighted by atomic mass is 9.89. The Balaban J connectivity index is 1.76. The molecule has 1 aliphatic rings. The van der Waals surface area contributed by atoms with E-state index in [4.69, 9.17) is 4.74 Å². The lowest BCUT2D eigenvalue weighted by Gasteiger charge is -2.35. The van der Waals surface area contributed by atoms with E-state index in [1.165, 1.54) is 0 Å². The standard InChI is InChI=1S/C22H28N2O2/c1-2-26-17-19-7-6-14-24(16-19)22(25)21(20-8-4-3-5-9-20)15-18-10-12-23-13-11-18/h3-5,8-13,19,21H,2,6-7,14-17H2,1H3. The number of rotatable bonds is 7. The molecule has 1 amide bonds. The van der Waals surface area contributed by atoms with E-state index in [-0.39, 0.29) is 11.8 Å². The van der Waals surface area contributed by atoms with Crippen molar-refractivity contribution in [2.45, 2.75) is 32.1 Å². The van der Waals surface area contributed by atoms with Crippen LogP contribution in [0.1, 0.15) is 36.8 Å². The highest BCUT2D eigenvalue weighted by atomic mass is 16.5.